The molecular formula is C30H31Cl2NO7. The molecule has 8 nitrogen and oxygen atoms in total. The third-order valence-corrected chi connectivity index (χ3v) is 9.26. The van der Waals surface area contributed by atoms with Gasteiger partial charge >= 0.3 is 11.9 Å². The number of hydrogen-bond acceptors (Lipinski definition) is 8. The van der Waals surface area contributed by atoms with E-state index >= 15 is 0 Å². The van der Waals surface area contributed by atoms with E-state index < -0.39 is 23.5 Å². The number of aliphatic hydroxyl groups is 1. The first-order valence-electron chi connectivity index (χ1n) is 13.4. The summed E-state index contributed by atoms with van der Waals surface area (Å²) in [7, 11) is 1.39. The Labute approximate surface area is 243 Å². The second kappa shape index (κ2) is 10.8. The third-order valence-electron chi connectivity index (χ3n) is 8.48. The van der Waals surface area contributed by atoms with Crippen LogP contribution in [0.5, 0.6) is 23.0 Å². The Morgan fingerprint density at radius 1 is 1.25 bits per heavy atom. The Morgan fingerprint density at radius 3 is 2.60 bits per heavy atom. The lowest BCUT2D eigenvalue weighted by Crippen LogP contribution is -2.37. The summed E-state index contributed by atoms with van der Waals surface area (Å²) in [4.78, 5) is 26.9. The van der Waals surface area contributed by atoms with Crippen LogP contribution < -0.4 is 14.2 Å². The maximum Gasteiger partial charge on any atom is 0.346 e. The molecule has 2 aromatic rings. The first-order valence-corrected chi connectivity index (χ1v) is 14.2. The molecule has 2 saturated carbocycles. The van der Waals surface area contributed by atoms with E-state index in [9.17, 15) is 20.0 Å². The van der Waals surface area contributed by atoms with Crippen LogP contribution >= 0.6 is 23.2 Å². The van der Waals surface area contributed by atoms with Crippen molar-refractivity contribution in [3.05, 3.63) is 44.4 Å². The fraction of sp³-hybridized carbons (Fsp3) is 0.500. The fourth-order valence-electron chi connectivity index (χ4n) is 6.42. The Kier molecular flexibility index (Phi) is 7.68. The highest BCUT2D eigenvalue weighted by Gasteiger charge is 2.54. The van der Waals surface area contributed by atoms with Gasteiger partial charge < -0.3 is 24.1 Å². The van der Waals surface area contributed by atoms with Gasteiger partial charge in [0.25, 0.3) is 0 Å². The minimum Gasteiger partial charge on any atom is -0.495 e. The zero-order valence-electron chi connectivity index (χ0n) is 22.8. The highest BCUT2D eigenvalue weighted by atomic mass is 35.5. The van der Waals surface area contributed by atoms with Gasteiger partial charge in [0.15, 0.2) is 11.5 Å². The van der Waals surface area contributed by atoms with Crippen molar-refractivity contribution in [1.82, 2.24) is 0 Å². The summed E-state index contributed by atoms with van der Waals surface area (Å²) >= 11 is 13.2. The van der Waals surface area contributed by atoms with Gasteiger partial charge in [-0.1, -0.05) is 43.5 Å². The van der Waals surface area contributed by atoms with Crippen LogP contribution in [0.2, 0.25) is 10.0 Å². The van der Waals surface area contributed by atoms with Gasteiger partial charge in [-0.05, 0) is 62.5 Å². The Morgan fingerprint density at radius 2 is 2.00 bits per heavy atom. The summed E-state index contributed by atoms with van der Waals surface area (Å²) in [6.45, 7) is 5.47. The number of ether oxygens (including phenoxy) is 4. The molecule has 3 aliphatic rings. The molecule has 10 heteroatoms. The quantitative estimate of drug-likeness (QED) is 0.280. The third kappa shape index (κ3) is 4.68. The average molecular weight is 588 g/mol. The highest BCUT2D eigenvalue weighted by molar-refractivity contribution is 6.38. The van der Waals surface area contributed by atoms with Gasteiger partial charge in [-0.25, -0.2) is 4.79 Å². The van der Waals surface area contributed by atoms with Crippen LogP contribution in [0.25, 0.3) is 0 Å². The van der Waals surface area contributed by atoms with Gasteiger partial charge in [-0.2, -0.15) is 5.26 Å². The van der Waals surface area contributed by atoms with Crippen LogP contribution in [0.3, 0.4) is 0 Å². The minimum atomic E-state index is -0.896. The van der Waals surface area contributed by atoms with Crippen LogP contribution in [0, 0.1) is 34.5 Å². The number of hydrogen-bond donors (Lipinski definition) is 1. The summed E-state index contributed by atoms with van der Waals surface area (Å²) in [5.41, 5.74) is -0.300. The number of esters is 2. The number of nitriles is 1. The molecule has 0 aromatic heterocycles. The lowest BCUT2D eigenvalue weighted by molar-refractivity contribution is -0.148. The lowest BCUT2D eigenvalue weighted by Gasteiger charge is -2.32. The van der Waals surface area contributed by atoms with Crippen molar-refractivity contribution >= 4 is 35.1 Å². The molecule has 2 aromatic carbocycles. The van der Waals surface area contributed by atoms with E-state index in [1.165, 1.54) is 13.2 Å². The van der Waals surface area contributed by atoms with E-state index in [1.54, 1.807) is 6.07 Å². The van der Waals surface area contributed by atoms with Crippen molar-refractivity contribution in [3.63, 3.8) is 0 Å². The smallest absolute Gasteiger partial charge is 0.346 e. The largest absolute Gasteiger partial charge is 0.495 e. The summed E-state index contributed by atoms with van der Waals surface area (Å²) in [6.07, 6.45) is 3.30. The lowest BCUT2D eigenvalue weighted by atomic mass is 9.75. The normalized spacial score (nSPS) is 23.7. The molecule has 2 aliphatic carbocycles. The molecule has 0 saturated heterocycles. The maximum atomic E-state index is 13.6. The van der Waals surface area contributed by atoms with Gasteiger partial charge in [0.2, 0.25) is 0 Å². The van der Waals surface area contributed by atoms with Gasteiger partial charge in [-0.15, -0.1) is 0 Å². The molecule has 5 rings (SSSR count). The van der Waals surface area contributed by atoms with E-state index in [0.717, 1.165) is 25.7 Å². The van der Waals surface area contributed by atoms with Gasteiger partial charge in [0.05, 0.1) is 34.8 Å². The molecule has 0 spiro atoms. The van der Waals surface area contributed by atoms with E-state index in [1.807, 2.05) is 26.8 Å². The number of rotatable bonds is 6. The topological polar surface area (TPSA) is 115 Å². The molecular weight excluding hydrogens is 557 g/mol. The summed E-state index contributed by atoms with van der Waals surface area (Å²) in [5.74, 6) is -0.397. The Hall–Kier alpha value is -2.99. The van der Waals surface area contributed by atoms with Crippen LogP contribution in [0.1, 0.15) is 86.0 Å². The van der Waals surface area contributed by atoms with Crippen molar-refractivity contribution in [2.24, 2.45) is 23.2 Å². The summed E-state index contributed by atoms with van der Waals surface area (Å²) in [6, 6.07) is 5.07. The molecule has 0 radical (unpaired) electrons. The molecule has 1 aliphatic heterocycles. The van der Waals surface area contributed by atoms with E-state index in [-0.39, 0.29) is 68.2 Å². The summed E-state index contributed by atoms with van der Waals surface area (Å²) < 4.78 is 23.4. The maximum absolute atomic E-state index is 13.6. The SMILES string of the molecule is COc1c(C(O)CC(C)C)ccc2c1C(=O)OCc1c(Cl)c(C#N)c(Cl)c(OC(=O)C3(C)CC4CCC3C4)c1O2. The van der Waals surface area contributed by atoms with E-state index in [0.29, 0.717) is 17.9 Å². The Bertz CT molecular complexity index is 1430. The number of carbonyl (C=O) groups is 2. The van der Waals surface area contributed by atoms with E-state index in [2.05, 4.69) is 0 Å². The predicted octanol–water partition coefficient (Wildman–Crippen LogP) is 7.15. The minimum absolute atomic E-state index is 0.0274. The molecule has 4 unspecified atom stereocenters. The molecule has 1 heterocycles. The number of nitrogens with zero attached hydrogens (tertiary/aromatic N) is 1. The molecule has 2 fully saturated rings. The van der Waals surface area contributed by atoms with Crippen LogP contribution in [-0.2, 0) is 16.1 Å². The summed E-state index contributed by atoms with van der Waals surface area (Å²) in [5, 5.41) is 20.4. The average Bonchev–Trinajstić information content (AvgIpc) is 3.50. The first kappa shape index (κ1) is 28.5. The Balaban J connectivity index is 1.63. The number of benzene rings is 2. The second-order valence-electron chi connectivity index (χ2n) is 11.5. The molecule has 40 heavy (non-hydrogen) atoms. The first-order chi connectivity index (χ1) is 19.0. The standard InChI is InChI=1S/C30H31Cl2NO7/c1-14(2)9-20(34)17-7-8-21-22(25(17)37-4)28(35)38-13-19-23(31)18(12-33)24(32)27(26(19)39-21)40-29(36)30(3)11-15-5-6-16(30)10-15/h7-8,14-16,20,34H,5-6,9-11,13H2,1-4H3. The zero-order valence-corrected chi connectivity index (χ0v) is 24.3. The predicted molar refractivity (Wildman–Crippen MR) is 147 cm³/mol. The van der Waals surface area contributed by atoms with Crippen molar-refractivity contribution in [2.75, 3.05) is 7.11 Å². The van der Waals surface area contributed by atoms with E-state index in [4.69, 9.17) is 42.1 Å². The number of fused-ring (bicyclic) bond motifs is 4. The highest BCUT2D eigenvalue weighted by Crippen LogP contribution is 2.57. The van der Waals surface area contributed by atoms with Crippen LogP contribution in [-0.4, -0.2) is 24.2 Å². The van der Waals surface area contributed by atoms with Crippen molar-refractivity contribution < 1.29 is 33.6 Å². The van der Waals surface area contributed by atoms with Gasteiger partial charge in [0, 0.05) is 5.56 Å². The molecule has 4 atom stereocenters. The number of halogens is 2. The second-order valence-corrected chi connectivity index (χ2v) is 12.3. The molecule has 1 N–H and O–H groups in total. The fourth-order valence-corrected chi connectivity index (χ4v) is 7.01. The number of cyclic esters (lactones) is 1. The van der Waals surface area contributed by atoms with Gasteiger partial charge in [0.1, 0.15) is 34.8 Å². The van der Waals surface area contributed by atoms with Crippen molar-refractivity contribution in [3.8, 4) is 29.1 Å². The van der Waals surface area contributed by atoms with Crippen molar-refractivity contribution in [1.29, 1.82) is 5.26 Å². The molecule has 2 bridgehead atoms. The number of carbonyl (C=O) groups excluding carboxylic acids is 2. The number of aliphatic hydroxyl groups excluding tert-OH is 1. The van der Waals surface area contributed by atoms with Crippen LogP contribution in [0.15, 0.2) is 12.1 Å². The van der Waals surface area contributed by atoms with Crippen LogP contribution in [0.4, 0.5) is 0 Å². The van der Waals surface area contributed by atoms with Gasteiger partial charge in [-0.3, -0.25) is 4.79 Å². The number of methoxy groups -OCH3 is 1. The zero-order chi connectivity index (χ0) is 28.9. The molecule has 0 amide bonds. The molecule has 212 valence electrons. The van der Waals surface area contributed by atoms with Crippen molar-refractivity contribution in [2.45, 2.75) is 65.6 Å². The monoisotopic (exact) mass is 587 g/mol.